The number of piperidine rings is 1. The van der Waals surface area contributed by atoms with Crippen LogP contribution in [0.15, 0.2) is 30.3 Å². The molecule has 0 saturated carbocycles. The Morgan fingerprint density at radius 3 is 2.67 bits per heavy atom. The largest absolute Gasteiger partial charge is 1.00 e. The van der Waals surface area contributed by atoms with E-state index in [4.69, 9.17) is 0 Å². The number of hydrogen-bond acceptors (Lipinski definition) is 0. The van der Waals surface area contributed by atoms with Crippen molar-refractivity contribution in [2.45, 2.75) is 32.7 Å². The monoisotopic (exact) mass is 263 g/mol. The van der Waals surface area contributed by atoms with Crippen LogP contribution in [0.2, 0.25) is 0 Å². The molecule has 98 valence electrons. The van der Waals surface area contributed by atoms with Gasteiger partial charge in [0.25, 0.3) is 0 Å². The smallest absolute Gasteiger partial charge is 0.139 e. The Bertz CT molecular complexity index is 404. The average Bonchev–Trinajstić information content (AvgIpc) is 2.36. The molecule has 0 radical (unpaired) electrons. The molecule has 1 aromatic carbocycles. The van der Waals surface area contributed by atoms with E-state index in [1.807, 2.05) is 18.2 Å². The predicted octanol–water partition coefficient (Wildman–Crippen LogP) is -1.25. The number of likely N-dealkylation sites (tertiary alicyclic amines) is 1. The summed E-state index contributed by atoms with van der Waals surface area (Å²) in [6.07, 6.45) is 2.74. The molecule has 18 heavy (non-hydrogen) atoms. The predicted molar refractivity (Wildman–Crippen MR) is 71.9 cm³/mol. The SMILES string of the molecule is C[C@@H]1CCC[NH+](CC#Cc2ccccc2)[C@H]1C.[Cl-]. The van der Waals surface area contributed by atoms with Gasteiger partial charge in [-0.05, 0) is 37.8 Å². The summed E-state index contributed by atoms with van der Waals surface area (Å²) in [4.78, 5) is 1.66. The van der Waals surface area contributed by atoms with E-state index in [0.717, 1.165) is 24.1 Å². The number of benzene rings is 1. The zero-order valence-corrected chi connectivity index (χ0v) is 12.0. The molecule has 1 unspecified atom stereocenters. The number of halogens is 1. The van der Waals surface area contributed by atoms with Crippen LogP contribution in [0, 0.1) is 17.8 Å². The van der Waals surface area contributed by atoms with E-state index in [0.29, 0.717) is 0 Å². The molecule has 0 bridgehead atoms. The highest BCUT2D eigenvalue weighted by Gasteiger charge is 2.27. The lowest BCUT2D eigenvalue weighted by Crippen LogP contribution is -3.16. The first-order chi connectivity index (χ1) is 8.27. The summed E-state index contributed by atoms with van der Waals surface area (Å²) in [6.45, 7) is 7.01. The molecule has 1 aliphatic heterocycles. The minimum atomic E-state index is 0. The van der Waals surface area contributed by atoms with E-state index >= 15 is 0 Å². The fourth-order valence-corrected chi connectivity index (χ4v) is 2.56. The maximum Gasteiger partial charge on any atom is 0.139 e. The normalized spacial score (nSPS) is 26.7. The molecule has 1 fully saturated rings. The molecule has 1 heterocycles. The molecular weight excluding hydrogens is 242 g/mol. The molecule has 1 N–H and O–H groups in total. The van der Waals surface area contributed by atoms with Crippen LogP contribution in [-0.2, 0) is 0 Å². The van der Waals surface area contributed by atoms with Gasteiger partial charge in [-0.25, -0.2) is 0 Å². The van der Waals surface area contributed by atoms with Crippen LogP contribution in [0.4, 0.5) is 0 Å². The van der Waals surface area contributed by atoms with Gasteiger partial charge in [0.05, 0.1) is 12.6 Å². The van der Waals surface area contributed by atoms with Crippen LogP contribution in [-0.4, -0.2) is 19.1 Å². The van der Waals surface area contributed by atoms with E-state index in [1.54, 1.807) is 4.90 Å². The lowest BCUT2D eigenvalue weighted by atomic mass is 9.92. The molecule has 1 saturated heterocycles. The van der Waals surface area contributed by atoms with Crippen LogP contribution in [0.1, 0.15) is 32.3 Å². The minimum absolute atomic E-state index is 0. The van der Waals surface area contributed by atoms with Gasteiger partial charge >= 0.3 is 0 Å². The molecule has 1 aliphatic rings. The average molecular weight is 264 g/mol. The zero-order valence-electron chi connectivity index (χ0n) is 11.2. The van der Waals surface area contributed by atoms with E-state index in [9.17, 15) is 0 Å². The van der Waals surface area contributed by atoms with Crippen molar-refractivity contribution in [2.75, 3.05) is 13.1 Å². The second-order valence-corrected chi connectivity index (χ2v) is 5.16. The third-order valence-corrected chi connectivity index (χ3v) is 3.98. The lowest BCUT2D eigenvalue weighted by Gasteiger charge is -2.33. The van der Waals surface area contributed by atoms with E-state index < -0.39 is 0 Å². The van der Waals surface area contributed by atoms with Gasteiger partial charge in [0, 0.05) is 11.5 Å². The van der Waals surface area contributed by atoms with Gasteiger partial charge < -0.3 is 17.3 Å². The van der Waals surface area contributed by atoms with Crippen molar-refractivity contribution in [3.05, 3.63) is 35.9 Å². The molecule has 0 aromatic heterocycles. The molecule has 2 heteroatoms. The Morgan fingerprint density at radius 2 is 1.94 bits per heavy atom. The summed E-state index contributed by atoms with van der Waals surface area (Å²) in [5.41, 5.74) is 1.13. The van der Waals surface area contributed by atoms with Gasteiger partial charge in [-0.3, -0.25) is 0 Å². The Balaban J connectivity index is 0.00000162. The van der Waals surface area contributed by atoms with Crippen LogP contribution >= 0.6 is 0 Å². The van der Waals surface area contributed by atoms with Crippen molar-refractivity contribution in [1.82, 2.24) is 0 Å². The third-order valence-electron chi connectivity index (χ3n) is 3.98. The fourth-order valence-electron chi connectivity index (χ4n) is 2.56. The van der Waals surface area contributed by atoms with Crippen LogP contribution in [0.3, 0.4) is 0 Å². The van der Waals surface area contributed by atoms with Crippen molar-refractivity contribution < 1.29 is 17.3 Å². The van der Waals surface area contributed by atoms with E-state index in [2.05, 4.69) is 37.8 Å². The molecule has 2 rings (SSSR count). The van der Waals surface area contributed by atoms with Crippen molar-refractivity contribution in [1.29, 1.82) is 0 Å². The summed E-state index contributed by atoms with van der Waals surface area (Å²) in [7, 11) is 0. The zero-order chi connectivity index (χ0) is 12.1. The van der Waals surface area contributed by atoms with Crippen LogP contribution < -0.4 is 17.3 Å². The van der Waals surface area contributed by atoms with Crippen molar-refractivity contribution in [3.63, 3.8) is 0 Å². The molecular formula is C16H22ClN. The summed E-state index contributed by atoms with van der Waals surface area (Å²) < 4.78 is 0. The second kappa shape index (κ2) is 7.46. The Morgan fingerprint density at radius 1 is 1.22 bits per heavy atom. The van der Waals surface area contributed by atoms with Gasteiger partial charge in [-0.1, -0.05) is 31.0 Å². The Hall–Kier alpha value is -0.970. The molecule has 0 spiro atoms. The van der Waals surface area contributed by atoms with Crippen molar-refractivity contribution in [3.8, 4) is 11.8 Å². The second-order valence-electron chi connectivity index (χ2n) is 5.16. The molecule has 0 aliphatic carbocycles. The van der Waals surface area contributed by atoms with Crippen molar-refractivity contribution in [2.24, 2.45) is 5.92 Å². The topological polar surface area (TPSA) is 4.44 Å². The molecule has 1 nitrogen and oxygen atoms in total. The highest BCUT2D eigenvalue weighted by Crippen LogP contribution is 2.11. The van der Waals surface area contributed by atoms with Crippen LogP contribution in [0.25, 0.3) is 0 Å². The fraction of sp³-hybridized carbons (Fsp3) is 0.500. The minimum Gasteiger partial charge on any atom is -1.00 e. The first kappa shape index (κ1) is 15.1. The quantitative estimate of drug-likeness (QED) is 0.604. The summed E-state index contributed by atoms with van der Waals surface area (Å²) >= 11 is 0. The third kappa shape index (κ3) is 4.05. The maximum absolute atomic E-state index is 3.34. The highest BCUT2D eigenvalue weighted by atomic mass is 35.5. The van der Waals surface area contributed by atoms with Crippen molar-refractivity contribution >= 4 is 0 Å². The number of quaternary nitrogens is 1. The first-order valence-corrected chi connectivity index (χ1v) is 6.66. The van der Waals surface area contributed by atoms with E-state index in [1.165, 1.54) is 19.4 Å². The summed E-state index contributed by atoms with van der Waals surface area (Å²) in [6, 6.07) is 11.0. The number of rotatable bonds is 1. The van der Waals surface area contributed by atoms with Crippen LogP contribution in [0.5, 0.6) is 0 Å². The van der Waals surface area contributed by atoms with Gasteiger partial charge in [0.15, 0.2) is 0 Å². The van der Waals surface area contributed by atoms with Gasteiger partial charge in [0.2, 0.25) is 0 Å². The van der Waals surface area contributed by atoms with E-state index in [-0.39, 0.29) is 12.4 Å². The lowest BCUT2D eigenvalue weighted by molar-refractivity contribution is -0.925. The number of nitrogens with one attached hydrogen (secondary N) is 1. The molecule has 3 atom stereocenters. The number of hydrogen-bond donors (Lipinski definition) is 1. The standard InChI is InChI=1S/C16H21N.ClH/c1-14-8-6-12-17(15(14)2)13-7-11-16-9-4-3-5-10-16;/h3-5,9-10,14-15H,6,8,12-13H2,1-2H3;1H/t14-,15+;/m1./s1. The Kier molecular flexibility index (Phi) is 6.25. The molecule has 1 aromatic rings. The molecule has 0 amide bonds. The van der Waals surface area contributed by atoms with Gasteiger partial charge in [-0.15, -0.1) is 0 Å². The van der Waals surface area contributed by atoms with Gasteiger partial charge in [0.1, 0.15) is 6.54 Å². The summed E-state index contributed by atoms with van der Waals surface area (Å²) in [5, 5.41) is 0. The highest BCUT2D eigenvalue weighted by molar-refractivity contribution is 5.33. The summed E-state index contributed by atoms with van der Waals surface area (Å²) in [5.74, 6) is 7.44. The van der Waals surface area contributed by atoms with Gasteiger partial charge in [-0.2, -0.15) is 0 Å². The Labute approximate surface area is 117 Å². The first-order valence-electron chi connectivity index (χ1n) is 6.66. The maximum atomic E-state index is 3.34.